The molecule has 0 saturated heterocycles. The molecule has 1 fully saturated rings. The third kappa shape index (κ3) is 2.26. The van der Waals surface area contributed by atoms with Gasteiger partial charge in [-0.3, -0.25) is 0 Å². The molecule has 0 amide bonds. The molecule has 1 aliphatic rings. The molecule has 0 aliphatic heterocycles. The van der Waals surface area contributed by atoms with Crippen LogP contribution in [0.2, 0.25) is 0 Å². The number of hydrogen-bond acceptors (Lipinski definition) is 4. The first-order chi connectivity index (χ1) is 7.33. The van der Waals surface area contributed by atoms with Crippen LogP contribution in [0.4, 0.5) is 5.82 Å². The number of nitrogens with one attached hydrogen (secondary N) is 1. The van der Waals surface area contributed by atoms with Gasteiger partial charge in [-0.15, -0.1) is 0 Å². The van der Waals surface area contributed by atoms with Crippen molar-refractivity contribution in [2.45, 2.75) is 31.8 Å². The predicted molar refractivity (Wildman–Crippen MR) is 58.9 cm³/mol. The van der Waals surface area contributed by atoms with E-state index in [-0.39, 0.29) is 0 Å². The first-order valence-corrected chi connectivity index (χ1v) is 5.38. The summed E-state index contributed by atoms with van der Waals surface area (Å²) in [4.78, 5) is 9.00. The Kier molecular flexibility index (Phi) is 3.16. The molecule has 1 aromatic heterocycles. The van der Waals surface area contributed by atoms with Crippen LogP contribution in [-0.4, -0.2) is 24.1 Å². The van der Waals surface area contributed by atoms with E-state index in [1.165, 1.54) is 19.3 Å². The summed E-state index contributed by atoms with van der Waals surface area (Å²) in [6.07, 6.45) is 3.75. The van der Waals surface area contributed by atoms with Gasteiger partial charge in [0.1, 0.15) is 11.6 Å². The van der Waals surface area contributed by atoms with Crippen molar-refractivity contribution in [3.05, 3.63) is 17.6 Å². The van der Waals surface area contributed by atoms with Crippen LogP contribution in [0.3, 0.4) is 0 Å². The number of anilines is 1. The largest absolute Gasteiger partial charge is 0.378 e. The topological polar surface area (TPSA) is 47.0 Å². The molecule has 1 heterocycles. The average Bonchev–Trinajstić information content (AvgIpc) is 2.15. The van der Waals surface area contributed by atoms with Crippen LogP contribution in [0.1, 0.15) is 36.7 Å². The van der Waals surface area contributed by atoms with Gasteiger partial charge in [-0.2, -0.15) is 0 Å². The molecule has 1 saturated carbocycles. The highest BCUT2D eigenvalue weighted by molar-refractivity contribution is 5.35. The molecule has 0 radical (unpaired) electrons. The molecule has 1 N–H and O–H groups in total. The molecular weight excluding hydrogens is 190 g/mol. The van der Waals surface area contributed by atoms with Gasteiger partial charge in [-0.05, 0) is 12.8 Å². The van der Waals surface area contributed by atoms with Gasteiger partial charge in [-0.25, -0.2) is 9.97 Å². The monoisotopic (exact) mass is 207 g/mol. The summed E-state index contributed by atoms with van der Waals surface area (Å²) in [7, 11) is 3.56. The zero-order chi connectivity index (χ0) is 10.7. The Bertz CT molecular complexity index is 337. The normalized spacial score (nSPS) is 16.1. The SMILES string of the molecule is CNc1cc(COC)nc(C2CCC2)n1. The van der Waals surface area contributed by atoms with Crippen LogP contribution in [-0.2, 0) is 11.3 Å². The van der Waals surface area contributed by atoms with Crippen molar-refractivity contribution in [1.29, 1.82) is 0 Å². The summed E-state index contributed by atoms with van der Waals surface area (Å²) in [5.41, 5.74) is 0.957. The van der Waals surface area contributed by atoms with Crippen molar-refractivity contribution in [1.82, 2.24) is 9.97 Å². The maximum Gasteiger partial charge on any atom is 0.134 e. The Labute approximate surface area is 90.1 Å². The zero-order valence-corrected chi connectivity index (χ0v) is 9.29. The quantitative estimate of drug-likeness (QED) is 0.819. The average molecular weight is 207 g/mol. The van der Waals surface area contributed by atoms with Crippen LogP contribution in [0, 0.1) is 0 Å². The van der Waals surface area contributed by atoms with Crippen molar-refractivity contribution in [3.63, 3.8) is 0 Å². The van der Waals surface area contributed by atoms with Crippen LogP contribution in [0.25, 0.3) is 0 Å². The van der Waals surface area contributed by atoms with Gasteiger partial charge in [0.25, 0.3) is 0 Å². The lowest BCUT2D eigenvalue weighted by atomic mass is 9.85. The van der Waals surface area contributed by atoms with Gasteiger partial charge < -0.3 is 10.1 Å². The minimum Gasteiger partial charge on any atom is -0.378 e. The lowest BCUT2D eigenvalue weighted by Crippen LogP contribution is -2.14. The minimum atomic E-state index is 0.552. The fourth-order valence-electron chi connectivity index (χ4n) is 1.72. The van der Waals surface area contributed by atoms with E-state index in [0.717, 1.165) is 17.3 Å². The smallest absolute Gasteiger partial charge is 0.134 e. The Morgan fingerprint density at radius 3 is 2.80 bits per heavy atom. The molecule has 0 aromatic carbocycles. The zero-order valence-electron chi connectivity index (χ0n) is 9.29. The maximum absolute atomic E-state index is 5.10. The van der Waals surface area contributed by atoms with Gasteiger partial charge in [0, 0.05) is 26.1 Å². The fraction of sp³-hybridized carbons (Fsp3) is 0.636. The highest BCUT2D eigenvalue weighted by Gasteiger charge is 2.23. The second kappa shape index (κ2) is 4.57. The van der Waals surface area contributed by atoms with Crippen LogP contribution in [0.15, 0.2) is 6.07 Å². The third-order valence-corrected chi connectivity index (χ3v) is 2.82. The van der Waals surface area contributed by atoms with Gasteiger partial charge >= 0.3 is 0 Å². The van der Waals surface area contributed by atoms with E-state index in [9.17, 15) is 0 Å². The van der Waals surface area contributed by atoms with Crippen LogP contribution < -0.4 is 5.32 Å². The maximum atomic E-state index is 5.10. The second-order valence-electron chi connectivity index (χ2n) is 3.91. The molecule has 0 bridgehead atoms. The Morgan fingerprint density at radius 2 is 2.27 bits per heavy atom. The standard InChI is InChI=1S/C11H17N3O/c1-12-10-6-9(7-15-2)13-11(14-10)8-4-3-5-8/h6,8H,3-5,7H2,1-2H3,(H,12,13,14). The van der Waals surface area contributed by atoms with Crippen molar-refractivity contribution >= 4 is 5.82 Å². The van der Waals surface area contributed by atoms with Gasteiger partial charge in [0.05, 0.1) is 12.3 Å². The number of ether oxygens (including phenoxy) is 1. The summed E-state index contributed by atoms with van der Waals surface area (Å²) in [5.74, 6) is 2.42. The summed E-state index contributed by atoms with van der Waals surface area (Å²) in [6, 6.07) is 1.94. The third-order valence-electron chi connectivity index (χ3n) is 2.82. The van der Waals surface area contributed by atoms with Crippen molar-refractivity contribution in [3.8, 4) is 0 Å². The van der Waals surface area contributed by atoms with E-state index >= 15 is 0 Å². The van der Waals surface area contributed by atoms with E-state index in [2.05, 4.69) is 15.3 Å². The summed E-state index contributed by atoms with van der Waals surface area (Å²) in [5, 5.41) is 3.06. The molecule has 1 aliphatic carbocycles. The van der Waals surface area contributed by atoms with Crippen LogP contribution in [0.5, 0.6) is 0 Å². The number of methoxy groups -OCH3 is 1. The Morgan fingerprint density at radius 1 is 1.47 bits per heavy atom. The molecule has 4 heteroatoms. The number of aromatic nitrogens is 2. The first-order valence-electron chi connectivity index (χ1n) is 5.38. The molecule has 1 aromatic rings. The Hall–Kier alpha value is -1.16. The summed E-state index contributed by atoms with van der Waals surface area (Å²) >= 11 is 0. The first kappa shape index (κ1) is 10.4. The lowest BCUT2D eigenvalue weighted by molar-refractivity contribution is 0.181. The Balaban J connectivity index is 2.23. The van der Waals surface area contributed by atoms with E-state index in [0.29, 0.717) is 12.5 Å². The lowest BCUT2D eigenvalue weighted by Gasteiger charge is -2.24. The van der Waals surface area contributed by atoms with Crippen molar-refractivity contribution in [2.75, 3.05) is 19.5 Å². The molecule has 0 atom stereocenters. The van der Waals surface area contributed by atoms with E-state index in [4.69, 9.17) is 4.74 Å². The molecule has 82 valence electrons. The van der Waals surface area contributed by atoms with E-state index in [1.807, 2.05) is 13.1 Å². The highest BCUT2D eigenvalue weighted by atomic mass is 16.5. The summed E-state index contributed by atoms with van der Waals surface area (Å²) in [6.45, 7) is 0.552. The molecule has 4 nitrogen and oxygen atoms in total. The van der Waals surface area contributed by atoms with Crippen LogP contribution >= 0.6 is 0 Å². The minimum absolute atomic E-state index is 0.552. The van der Waals surface area contributed by atoms with Gasteiger partial charge in [0.15, 0.2) is 0 Å². The van der Waals surface area contributed by atoms with Crippen molar-refractivity contribution in [2.24, 2.45) is 0 Å². The number of hydrogen-bond donors (Lipinski definition) is 1. The fourth-order valence-corrected chi connectivity index (χ4v) is 1.72. The van der Waals surface area contributed by atoms with Crippen molar-refractivity contribution < 1.29 is 4.74 Å². The number of nitrogens with zero attached hydrogens (tertiary/aromatic N) is 2. The molecule has 0 spiro atoms. The molecule has 15 heavy (non-hydrogen) atoms. The van der Waals surface area contributed by atoms with E-state index in [1.54, 1.807) is 7.11 Å². The molecular formula is C11H17N3O. The predicted octanol–water partition coefficient (Wildman–Crippen LogP) is 1.93. The van der Waals surface area contributed by atoms with Gasteiger partial charge in [0.2, 0.25) is 0 Å². The van der Waals surface area contributed by atoms with Gasteiger partial charge in [-0.1, -0.05) is 6.42 Å². The second-order valence-corrected chi connectivity index (χ2v) is 3.91. The highest BCUT2D eigenvalue weighted by Crippen LogP contribution is 2.34. The molecule has 2 rings (SSSR count). The van der Waals surface area contributed by atoms with E-state index < -0.39 is 0 Å². The summed E-state index contributed by atoms with van der Waals surface area (Å²) < 4.78 is 5.10. The molecule has 0 unspecified atom stereocenters. The number of rotatable bonds is 4.